The maximum atomic E-state index is 15.2. The van der Waals surface area contributed by atoms with Crippen LogP contribution in [0.2, 0.25) is 0 Å². The lowest BCUT2D eigenvalue weighted by molar-refractivity contribution is -0.158. The number of carbonyl (C=O) groups excluding carboxylic acids is 10. The molecule has 11 atom stereocenters. The molecule has 3 heterocycles. The molecule has 0 bridgehead atoms. The first-order valence-corrected chi connectivity index (χ1v) is 38.4. The summed E-state index contributed by atoms with van der Waals surface area (Å²) in [6, 6.07) is 21.5. The van der Waals surface area contributed by atoms with Crippen molar-refractivity contribution in [3.05, 3.63) is 150 Å². The number of fused-ring (bicyclic) bond motifs is 2. The molecule has 7 unspecified atom stereocenters. The highest BCUT2D eigenvalue weighted by atomic mass is 16.6. The number of allylic oxidation sites excluding steroid dienone is 1. The minimum Gasteiger partial charge on any atom is -0.487 e. The third-order valence-corrected chi connectivity index (χ3v) is 19.9. The fourth-order valence-corrected chi connectivity index (χ4v) is 13.5. The molecule has 0 radical (unpaired) electrons. The summed E-state index contributed by atoms with van der Waals surface area (Å²) >= 11 is 0. The van der Waals surface area contributed by atoms with Crippen molar-refractivity contribution >= 4 is 87.0 Å². The molecule has 1 aromatic heterocycles. The van der Waals surface area contributed by atoms with Gasteiger partial charge in [-0.15, -0.1) is 11.7 Å². The lowest BCUT2D eigenvalue weighted by Gasteiger charge is -2.37. The van der Waals surface area contributed by atoms with Gasteiger partial charge in [0.15, 0.2) is 0 Å². The summed E-state index contributed by atoms with van der Waals surface area (Å²) in [4.78, 5) is 162. The number of nitrogens with one attached hydrogen (secondary N) is 5. The highest BCUT2D eigenvalue weighted by Gasteiger charge is 2.49. The third kappa shape index (κ3) is 24.1. The van der Waals surface area contributed by atoms with E-state index < -0.39 is 154 Å². The molecule has 6 N–H and O–H groups in total. The van der Waals surface area contributed by atoms with Gasteiger partial charge in [-0.3, -0.25) is 43.4 Å². The van der Waals surface area contributed by atoms with E-state index in [1.54, 1.807) is 146 Å². The summed E-state index contributed by atoms with van der Waals surface area (Å²) in [5, 5.41) is 37.3. The van der Waals surface area contributed by atoms with Crippen LogP contribution in [0.5, 0.6) is 5.75 Å². The standard InChI is InChI=1S/C85H114N12O16/c1-21-26-55-44-66(95(46-55)75(103)68(81(4,5)6)89-70(98)50(2)93(19)79(108)112-84(13,14)15)73(101)86-63(42-53-31-35-56-27-22-24-29-58(56)39-53)72(100)88-65(78(107)111-83(10,11)12)41-52-33-37-62(38-34-52)110-49-60-47-97(92-91-60)61-45-67(74(102)87-64(77(105)106)43-54-32-36-57-28-23-25-30-59(57)40-54)96(48-61)76(104)69(82(7,8)9)90-71(99)51(3)94(20)80(109)113-85(16,17)18/h21-25,27-40,47,50-51,55,61,63-69H,1,26,41-46,48-49H2,2-20H3,(H,86,101)(H,87,102)(H,88,100)(H,89,98)(H,90,99)(H,105,106)/t50?,51?,55-,61+,63?,64?,65?,66-,67-,68?,69?/m0/s1. The zero-order valence-corrected chi connectivity index (χ0v) is 68.7. The molecule has 5 aromatic carbocycles. The lowest BCUT2D eigenvalue weighted by Crippen LogP contribution is -2.61. The number of carbonyl (C=O) groups is 11. The number of rotatable bonds is 28. The van der Waals surface area contributed by atoms with Crippen molar-refractivity contribution < 1.29 is 76.8 Å². The molecule has 28 heteroatoms. The van der Waals surface area contributed by atoms with Crippen LogP contribution >= 0.6 is 0 Å². The second-order valence-corrected chi connectivity index (χ2v) is 34.8. The molecule has 2 fully saturated rings. The molecular weight excluding hydrogens is 1450 g/mol. The molecule has 0 spiro atoms. The van der Waals surface area contributed by atoms with E-state index >= 15 is 19.2 Å². The van der Waals surface area contributed by atoms with Gasteiger partial charge in [-0.2, -0.15) is 0 Å². The topological polar surface area (TPSA) is 349 Å². The summed E-state index contributed by atoms with van der Waals surface area (Å²) in [5.41, 5.74) is -2.32. The number of ether oxygens (including phenoxy) is 4. The summed E-state index contributed by atoms with van der Waals surface area (Å²) in [7, 11) is 2.84. The molecule has 9 amide bonds. The van der Waals surface area contributed by atoms with Crippen LogP contribution in [0.1, 0.15) is 165 Å². The first-order chi connectivity index (χ1) is 52.7. The zero-order valence-electron chi connectivity index (χ0n) is 68.7. The second-order valence-electron chi connectivity index (χ2n) is 34.8. The van der Waals surface area contributed by atoms with Crippen LogP contribution in [0.25, 0.3) is 21.5 Å². The second kappa shape index (κ2) is 36.3. The van der Waals surface area contributed by atoms with Gasteiger partial charge < -0.3 is 60.4 Å². The Kier molecular flexibility index (Phi) is 28.1. The van der Waals surface area contributed by atoms with E-state index in [0.717, 1.165) is 31.3 Å². The van der Waals surface area contributed by atoms with Gasteiger partial charge >= 0.3 is 24.1 Å². The third-order valence-electron chi connectivity index (χ3n) is 19.9. The fourth-order valence-electron chi connectivity index (χ4n) is 13.5. The molecule has 6 aromatic rings. The van der Waals surface area contributed by atoms with Crippen LogP contribution in [-0.4, -0.2) is 204 Å². The monoisotopic (exact) mass is 1560 g/mol. The largest absolute Gasteiger partial charge is 0.487 e. The van der Waals surface area contributed by atoms with Crippen LogP contribution < -0.4 is 31.3 Å². The fraction of sp³-hybridized carbons (Fsp3) is 0.518. The molecule has 610 valence electrons. The highest BCUT2D eigenvalue weighted by molar-refractivity contribution is 5.98. The number of carboxylic acid groups (broad SMARTS) is 1. The summed E-state index contributed by atoms with van der Waals surface area (Å²) in [5.74, 6) is -6.51. The zero-order chi connectivity index (χ0) is 83.6. The number of nitrogens with zero attached hydrogens (tertiary/aromatic N) is 7. The normalized spacial score (nSPS) is 17.9. The number of hydrogen-bond acceptors (Lipinski definition) is 17. The van der Waals surface area contributed by atoms with E-state index in [4.69, 9.17) is 18.9 Å². The Hall–Kier alpha value is -10.9. The number of amides is 9. The number of benzene rings is 5. The van der Waals surface area contributed by atoms with E-state index in [9.17, 15) is 38.7 Å². The molecule has 2 saturated heterocycles. The van der Waals surface area contributed by atoms with Gasteiger partial charge in [-0.1, -0.05) is 150 Å². The lowest BCUT2D eigenvalue weighted by atomic mass is 9.85. The summed E-state index contributed by atoms with van der Waals surface area (Å²) in [6.07, 6.45) is 2.22. The number of aliphatic carboxylic acids is 1. The number of likely N-dealkylation sites (N-methyl/N-ethyl adjacent to an activating group) is 2. The minimum atomic E-state index is -1.41. The molecule has 0 aliphatic carbocycles. The van der Waals surface area contributed by atoms with Crippen LogP contribution in [0, 0.1) is 16.7 Å². The Balaban J connectivity index is 1.00. The molecule has 2 aliphatic heterocycles. The van der Waals surface area contributed by atoms with Crippen molar-refractivity contribution in [2.45, 2.75) is 240 Å². The Morgan fingerprint density at radius 2 is 0.965 bits per heavy atom. The molecular formula is C85H114N12O16. The van der Waals surface area contributed by atoms with Crippen molar-refractivity contribution in [2.75, 3.05) is 27.2 Å². The Bertz CT molecular complexity index is 4470. The number of likely N-dealkylation sites (tertiary alicyclic amines) is 2. The van der Waals surface area contributed by atoms with Crippen LogP contribution in [0.3, 0.4) is 0 Å². The molecule has 113 heavy (non-hydrogen) atoms. The Morgan fingerprint density at radius 1 is 0.531 bits per heavy atom. The smallest absolute Gasteiger partial charge is 0.410 e. The maximum absolute atomic E-state index is 15.2. The van der Waals surface area contributed by atoms with Gasteiger partial charge in [0.25, 0.3) is 0 Å². The Morgan fingerprint density at radius 3 is 1.42 bits per heavy atom. The molecule has 0 saturated carbocycles. The average Bonchev–Trinajstić information content (AvgIpc) is 1.73. The van der Waals surface area contributed by atoms with E-state index in [-0.39, 0.29) is 57.7 Å². The first kappa shape index (κ1) is 87.6. The number of hydrogen-bond donors (Lipinski definition) is 6. The van der Waals surface area contributed by atoms with E-state index in [1.165, 1.54) is 42.4 Å². The minimum absolute atomic E-state index is 0.0412. The highest BCUT2D eigenvalue weighted by Crippen LogP contribution is 2.34. The SMILES string of the molecule is C=CC[C@H]1C[C@@H](C(=O)NC(Cc2ccc3ccccc3c2)C(=O)NC(Cc2ccc(OCc3cn([C@@H]4C[C@@H](C(=O)NC(Cc5ccc6ccccc6c5)C(=O)O)N(C(=O)C(NC(=O)C(C)N(C)C(=O)OC(C)(C)C)C(C)(C)C)C4)nn3)cc2)C(=O)OC(C)(C)C)N(C(=O)C(NC(=O)C(C)N(C)C(=O)OC(C)(C)C)C(C)(C)C)C1. The van der Waals surface area contributed by atoms with Gasteiger partial charge in [0, 0.05) is 52.9 Å². The van der Waals surface area contributed by atoms with E-state index in [1.807, 2.05) is 78.9 Å². The molecule has 8 rings (SSSR count). The van der Waals surface area contributed by atoms with Crippen molar-refractivity contribution in [1.82, 2.24) is 61.2 Å². The number of carboxylic acids is 1. The number of esters is 1. The predicted octanol–water partition coefficient (Wildman–Crippen LogP) is 9.58. The van der Waals surface area contributed by atoms with Gasteiger partial charge in [0.2, 0.25) is 41.4 Å². The molecule has 28 nitrogen and oxygen atoms in total. The van der Waals surface area contributed by atoms with Crippen LogP contribution in [-0.2, 0) is 83.2 Å². The van der Waals surface area contributed by atoms with Gasteiger partial charge in [-0.05, 0) is 156 Å². The predicted molar refractivity (Wildman–Crippen MR) is 426 cm³/mol. The van der Waals surface area contributed by atoms with Gasteiger partial charge in [-0.25, -0.2) is 23.9 Å². The van der Waals surface area contributed by atoms with Gasteiger partial charge in [0.1, 0.15) is 89.2 Å². The quantitative estimate of drug-likeness (QED) is 0.0151. The van der Waals surface area contributed by atoms with E-state index in [2.05, 4.69) is 43.5 Å². The van der Waals surface area contributed by atoms with E-state index in [0.29, 0.717) is 34.6 Å². The van der Waals surface area contributed by atoms with Crippen molar-refractivity contribution in [2.24, 2.45) is 16.7 Å². The van der Waals surface area contributed by atoms with Crippen molar-refractivity contribution in [3.8, 4) is 5.75 Å². The van der Waals surface area contributed by atoms with Crippen LogP contribution in [0.15, 0.2) is 128 Å². The van der Waals surface area contributed by atoms with Crippen molar-refractivity contribution in [1.29, 1.82) is 0 Å². The first-order valence-electron chi connectivity index (χ1n) is 38.4. The number of aromatic nitrogens is 3. The van der Waals surface area contributed by atoms with Crippen LogP contribution in [0.4, 0.5) is 9.59 Å². The maximum Gasteiger partial charge on any atom is 0.410 e. The summed E-state index contributed by atoms with van der Waals surface area (Å²) < 4.78 is 24.7. The Labute approximate surface area is 662 Å². The summed E-state index contributed by atoms with van der Waals surface area (Å²) in [6.45, 7) is 32.7. The molecule has 2 aliphatic rings. The van der Waals surface area contributed by atoms with Gasteiger partial charge in [0.05, 0.1) is 12.2 Å². The van der Waals surface area contributed by atoms with Crippen molar-refractivity contribution in [3.63, 3.8) is 0 Å². The average molecular weight is 1560 g/mol.